The van der Waals surface area contributed by atoms with Gasteiger partial charge in [-0.05, 0) is 56.6 Å². The number of thiophene rings is 1. The molecule has 6 nitrogen and oxygen atoms in total. The van der Waals surface area contributed by atoms with Crippen LogP contribution < -0.4 is 16.0 Å². The van der Waals surface area contributed by atoms with Crippen LogP contribution >= 0.6 is 23.7 Å². The van der Waals surface area contributed by atoms with Crippen molar-refractivity contribution in [2.45, 2.75) is 12.8 Å². The third-order valence-electron chi connectivity index (χ3n) is 4.38. The first kappa shape index (κ1) is 21.2. The number of likely N-dealkylation sites (tertiary alicyclic amines) is 1. The monoisotopic (exact) mass is 408 g/mol. The first-order valence-corrected chi connectivity index (χ1v) is 9.64. The maximum atomic E-state index is 12.7. The summed E-state index contributed by atoms with van der Waals surface area (Å²) >= 11 is 1.31. The number of para-hydroxylation sites is 1. The van der Waals surface area contributed by atoms with Gasteiger partial charge in [0.05, 0.1) is 9.88 Å². The highest BCUT2D eigenvalue weighted by Crippen LogP contribution is 2.25. The maximum Gasteiger partial charge on any atom is 0.324 e. The Labute approximate surface area is 169 Å². The second-order valence-corrected chi connectivity index (χ2v) is 7.51. The molecule has 146 valence electrons. The van der Waals surface area contributed by atoms with Crippen molar-refractivity contribution in [2.75, 3.05) is 37.3 Å². The Kier molecular flexibility index (Phi) is 8.09. The fraction of sp³-hybridized carbons (Fsp3) is 0.368. The fourth-order valence-corrected chi connectivity index (χ4v) is 4.05. The van der Waals surface area contributed by atoms with E-state index in [1.165, 1.54) is 11.3 Å². The second kappa shape index (κ2) is 10.3. The van der Waals surface area contributed by atoms with E-state index in [1.807, 2.05) is 42.3 Å². The van der Waals surface area contributed by atoms with Gasteiger partial charge in [-0.3, -0.25) is 10.1 Å². The number of halogens is 1. The topological polar surface area (TPSA) is 73.5 Å². The van der Waals surface area contributed by atoms with Crippen LogP contribution in [0.4, 0.5) is 15.5 Å². The molecule has 0 spiro atoms. The number of piperidine rings is 1. The molecular weight excluding hydrogens is 384 g/mol. The largest absolute Gasteiger partial charge is 0.338 e. The lowest BCUT2D eigenvalue weighted by Crippen LogP contribution is -2.42. The highest BCUT2D eigenvalue weighted by molar-refractivity contribution is 7.18. The van der Waals surface area contributed by atoms with Crippen LogP contribution in [0.15, 0.2) is 42.5 Å². The molecule has 2 aromatic rings. The van der Waals surface area contributed by atoms with Gasteiger partial charge in [-0.2, -0.15) is 0 Å². The molecule has 0 aliphatic carbocycles. The third-order valence-corrected chi connectivity index (χ3v) is 5.37. The minimum absolute atomic E-state index is 0. The van der Waals surface area contributed by atoms with Gasteiger partial charge < -0.3 is 15.5 Å². The molecule has 3 amide bonds. The van der Waals surface area contributed by atoms with E-state index >= 15 is 0 Å². The van der Waals surface area contributed by atoms with Gasteiger partial charge in [-0.1, -0.05) is 18.2 Å². The SMILES string of the molecule is CNCC1CCCN(C(=O)c2ccc(NC(=O)Nc3ccccc3)s2)C1.Cl. The summed E-state index contributed by atoms with van der Waals surface area (Å²) in [6, 6.07) is 12.5. The Morgan fingerprint density at radius 1 is 1.15 bits per heavy atom. The predicted molar refractivity (Wildman–Crippen MR) is 113 cm³/mol. The first-order chi connectivity index (χ1) is 12.7. The normalized spacial score (nSPS) is 16.3. The molecule has 1 unspecified atom stereocenters. The van der Waals surface area contributed by atoms with Crippen molar-refractivity contribution >= 4 is 46.4 Å². The molecule has 1 fully saturated rings. The maximum absolute atomic E-state index is 12.7. The summed E-state index contributed by atoms with van der Waals surface area (Å²) < 4.78 is 0. The lowest BCUT2D eigenvalue weighted by atomic mass is 9.98. The van der Waals surface area contributed by atoms with Crippen LogP contribution in [-0.2, 0) is 0 Å². The Morgan fingerprint density at radius 2 is 1.93 bits per heavy atom. The van der Waals surface area contributed by atoms with E-state index in [0.717, 1.165) is 38.2 Å². The van der Waals surface area contributed by atoms with Gasteiger partial charge in [0.1, 0.15) is 0 Å². The molecule has 3 rings (SSSR count). The first-order valence-electron chi connectivity index (χ1n) is 8.82. The van der Waals surface area contributed by atoms with Crippen molar-refractivity contribution in [3.05, 3.63) is 47.3 Å². The summed E-state index contributed by atoms with van der Waals surface area (Å²) in [5.41, 5.74) is 0.724. The van der Waals surface area contributed by atoms with Crippen molar-refractivity contribution in [3.8, 4) is 0 Å². The zero-order chi connectivity index (χ0) is 18.4. The van der Waals surface area contributed by atoms with Crippen molar-refractivity contribution in [3.63, 3.8) is 0 Å². The van der Waals surface area contributed by atoms with Crippen LogP contribution in [0, 0.1) is 5.92 Å². The zero-order valence-electron chi connectivity index (χ0n) is 15.2. The van der Waals surface area contributed by atoms with Gasteiger partial charge in [-0.25, -0.2) is 4.79 Å². The molecule has 1 aromatic heterocycles. The smallest absolute Gasteiger partial charge is 0.324 e. The van der Waals surface area contributed by atoms with Gasteiger partial charge in [-0.15, -0.1) is 23.7 Å². The molecule has 1 aromatic carbocycles. The average molecular weight is 409 g/mol. The van der Waals surface area contributed by atoms with Gasteiger partial charge in [0.15, 0.2) is 0 Å². The lowest BCUT2D eigenvalue weighted by Gasteiger charge is -2.32. The number of amides is 3. The number of hydrogen-bond donors (Lipinski definition) is 3. The van der Waals surface area contributed by atoms with Gasteiger partial charge in [0.2, 0.25) is 0 Å². The Balaban J connectivity index is 0.00000261. The molecule has 1 aliphatic heterocycles. The van der Waals surface area contributed by atoms with Crippen LogP contribution in [-0.4, -0.2) is 43.5 Å². The summed E-state index contributed by atoms with van der Waals surface area (Å²) in [5.74, 6) is 0.555. The van der Waals surface area contributed by atoms with E-state index in [2.05, 4.69) is 16.0 Å². The summed E-state index contributed by atoms with van der Waals surface area (Å²) in [6.45, 7) is 2.52. The molecule has 0 saturated carbocycles. The molecule has 1 saturated heterocycles. The lowest BCUT2D eigenvalue weighted by molar-refractivity contribution is 0.0679. The molecule has 3 N–H and O–H groups in total. The Morgan fingerprint density at radius 3 is 2.67 bits per heavy atom. The van der Waals surface area contributed by atoms with Crippen molar-refractivity contribution in [2.24, 2.45) is 5.92 Å². The Hall–Kier alpha value is -2.09. The van der Waals surface area contributed by atoms with E-state index in [-0.39, 0.29) is 24.3 Å². The van der Waals surface area contributed by atoms with E-state index < -0.39 is 0 Å². The summed E-state index contributed by atoms with van der Waals surface area (Å²) in [6.07, 6.45) is 2.19. The third kappa shape index (κ3) is 5.95. The van der Waals surface area contributed by atoms with Crippen LogP contribution in [0.25, 0.3) is 0 Å². The number of carbonyl (C=O) groups excluding carboxylic acids is 2. The highest BCUT2D eigenvalue weighted by Gasteiger charge is 2.25. The van der Waals surface area contributed by atoms with Gasteiger partial charge in [0.25, 0.3) is 5.91 Å². The molecule has 0 bridgehead atoms. The quantitative estimate of drug-likeness (QED) is 0.702. The highest BCUT2D eigenvalue weighted by atomic mass is 35.5. The van der Waals surface area contributed by atoms with E-state index in [0.29, 0.717) is 15.8 Å². The van der Waals surface area contributed by atoms with E-state index in [1.54, 1.807) is 12.1 Å². The zero-order valence-corrected chi connectivity index (χ0v) is 16.9. The molecule has 0 radical (unpaired) electrons. The number of anilines is 2. The summed E-state index contributed by atoms with van der Waals surface area (Å²) in [4.78, 5) is 27.4. The number of nitrogens with zero attached hydrogens (tertiary/aromatic N) is 1. The number of rotatable bonds is 5. The molecule has 1 atom stereocenters. The molecule has 8 heteroatoms. The molecular formula is C19H25ClN4O2S. The molecule has 27 heavy (non-hydrogen) atoms. The van der Waals surface area contributed by atoms with Crippen LogP contribution in [0.5, 0.6) is 0 Å². The number of benzene rings is 1. The second-order valence-electron chi connectivity index (χ2n) is 6.43. The number of carbonyl (C=O) groups is 2. The number of urea groups is 1. The average Bonchev–Trinajstić information content (AvgIpc) is 3.10. The van der Waals surface area contributed by atoms with Crippen LogP contribution in [0.1, 0.15) is 22.5 Å². The minimum atomic E-state index is -0.316. The predicted octanol–water partition coefficient (Wildman–Crippen LogP) is 3.89. The van der Waals surface area contributed by atoms with Crippen LogP contribution in [0.2, 0.25) is 0 Å². The number of hydrogen-bond acceptors (Lipinski definition) is 4. The van der Waals surface area contributed by atoms with Crippen molar-refractivity contribution in [1.82, 2.24) is 10.2 Å². The molecule has 2 heterocycles. The Bertz CT molecular complexity index is 751. The standard InChI is InChI=1S/C19H24N4O2S.ClH/c1-20-12-14-6-5-11-23(13-14)18(24)16-9-10-17(26-16)22-19(25)21-15-7-3-2-4-8-15;/h2-4,7-10,14,20H,5-6,11-13H2,1H3,(H2,21,22,25);1H. The van der Waals surface area contributed by atoms with Gasteiger partial charge in [0, 0.05) is 18.8 Å². The number of nitrogens with one attached hydrogen (secondary N) is 3. The fourth-order valence-electron chi connectivity index (χ4n) is 3.18. The van der Waals surface area contributed by atoms with Crippen LogP contribution in [0.3, 0.4) is 0 Å². The van der Waals surface area contributed by atoms with Crippen molar-refractivity contribution in [1.29, 1.82) is 0 Å². The molecule has 1 aliphatic rings. The van der Waals surface area contributed by atoms with E-state index in [9.17, 15) is 9.59 Å². The van der Waals surface area contributed by atoms with Gasteiger partial charge >= 0.3 is 6.03 Å². The van der Waals surface area contributed by atoms with E-state index in [4.69, 9.17) is 0 Å². The summed E-state index contributed by atoms with van der Waals surface area (Å²) in [5, 5.41) is 9.40. The summed E-state index contributed by atoms with van der Waals surface area (Å²) in [7, 11) is 1.94. The minimum Gasteiger partial charge on any atom is -0.338 e. The van der Waals surface area contributed by atoms with Crippen molar-refractivity contribution < 1.29 is 9.59 Å².